The number of hydrogen-bond acceptors (Lipinski definition) is 1. The highest BCUT2D eigenvalue weighted by Gasteiger charge is 2.23. The largest absolute Gasteiger partial charge is 0.360 e. The molecule has 0 bridgehead atoms. The molecule has 0 amide bonds. The average molecular weight is 391 g/mol. The van der Waals surface area contributed by atoms with Crippen LogP contribution in [0.25, 0.3) is 0 Å². The highest BCUT2D eigenvalue weighted by molar-refractivity contribution is 9.10. The van der Waals surface area contributed by atoms with Crippen molar-refractivity contribution in [3.63, 3.8) is 0 Å². The Hall–Kier alpha value is -1.39. The van der Waals surface area contributed by atoms with Crippen LogP contribution in [0.2, 0.25) is 0 Å². The predicted molar refractivity (Wildman–Crippen MR) is 107 cm³/mol. The third-order valence-electron chi connectivity index (χ3n) is 3.83. The van der Waals surface area contributed by atoms with E-state index in [2.05, 4.69) is 77.7 Å². The quantitative estimate of drug-likeness (QED) is 0.659. The number of benzene rings is 2. The van der Waals surface area contributed by atoms with E-state index in [9.17, 15) is 0 Å². The van der Waals surface area contributed by atoms with E-state index in [1.807, 2.05) is 24.3 Å². The summed E-state index contributed by atoms with van der Waals surface area (Å²) < 4.78 is 1.03. The lowest BCUT2D eigenvalue weighted by Gasteiger charge is -2.29. The first-order valence-electron chi connectivity index (χ1n) is 7.75. The molecule has 23 heavy (non-hydrogen) atoms. The summed E-state index contributed by atoms with van der Waals surface area (Å²) in [6.07, 6.45) is 0.997. The summed E-state index contributed by atoms with van der Waals surface area (Å²) in [4.78, 5) is 0. The molecule has 0 aliphatic heterocycles. The van der Waals surface area contributed by atoms with Gasteiger partial charge in [0.05, 0.1) is 0 Å². The molecule has 0 unspecified atom stereocenters. The van der Waals surface area contributed by atoms with Gasteiger partial charge >= 0.3 is 0 Å². The van der Waals surface area contributed by atoms with Gasteiger partial charge < -0.3 is 10.6 Å². The smallest absolute Gasteiger partial charge is 0.170 e. The maximum atomic E-state index is 5.42. The Morgan fingerprint density at radius 1 is 1.13 bits per heavy atom. The van der Waals surface area contributed by atoms with Gasteiger partial charge in [-0.25, -0.2) is 0 Å². The van der Waals surface area contributed by atoms with Crippen molar-refractivity contribution in [1.82, 2.24) is 5.32 Å². The van der Waals surface area contributed by atoms with Crippen LogP contribution in [0.5, 0.6) is 0 Å². The van der Waals surface area contributed by atoms with Gasteiger partial charge in [0.15, 0.2) is 5.11 Å². The molecular formula is C19H23BrN2S. The van der Waals surface area contributed by atoms with E-state index in [1.165, 1.54) is 5.56 Å². The minimum Gasteiger partial charge on any atom is -0.360 e. The van der Waals surface area contributed by atoms with E-state index in [4.69, 9.17) is 12.2 Å². The van der Waals surface area contributed by atoms with Crippen molar-refractivity contribution in [3.05, 3.63) is 64.6 Å². The van der Waals surface area contributed by atoms with Gasteiger partial charge in [-0.3, -0.25) is 0 Å². The van der Waals surface area contributed by atoms with Crippen LogP contribution >= 0.6 is 28.1 Å². The fourth-order valence-electron chi connectivity index (χ4n) is 2.78. The van der Waals surface area contributed by atoms with E-state index < -0.39 is 0 Å². The van der Waals surface area contributed by atoms with Crippen molar-refractivity contribution in [2.75, 3.05) is 5.32 Å². The van der Waals surface area contributed by atoms with Gasteiger partial charge in [0.2, 0.25) is 0 Å². The highest BCUT2D eigenvalue weighted by Crippen LogP contribution is 2.28. The van der Waals surface area contributed by atoms with Gasteiger partial charge in [0.25, 0.3) is 0 Å². The molecule has 0 heterocycles. The van der Waals surface area contributed by atoms with Crippen molar-refractivity contribution >= 4 is 38.9 Å². The zero-order valence-electron chi connectivity index (χ0n) is 13.8. The van der Waals surface area contributed by atoms with Crippen LogP contribution in [0, 0.1) is 0 Å². The Labute approximate surface area is 152 Å². The molecule has 2 N–H and O–H groups in total. The fourth-order valence-corrected chi connectivity index (χ4v) is 3.50. The van der Waals surface area contributed by atoms with Crippen LogP contribution in [-0.2, 0) is 5.41 Å². The van der Waals surface area contributed by atoms with Crippen LogP contribution < -0.4 is 10.6 Å². The maximum absolute atomic E-state index is 5.42. The van der Waals surface area contributed by atoms with E-state index >= 15 is 0 Å². The van der Waals surface area contributed by atoms with Crippen LogP contribution in [-0.4, -0.2) is 11.2 Å². The molecule has 4 heteroatoms. The van der Waals surface area contributed by atoms with Crippen LogP contribution in [0.15, 0.2) is 59.1 Å². The van der Waals surface area contributed by atoms with Crippen molar-refractivity contribution in [3.8, 4) is 0 Å². The topological polar surface area (TPSA) is 24.1 Å². The average Bonchev–Trinajstić information content (AvgIpc) is 2.47. The molecule has 1 atom stereocenters. The van der Waals surface area contributed by atoms with Gasteiger partial charge in [0.1, 0.15) is 0 Å². The number of halogens is 1. The van der Waals surface area contributed by atoms with E-state index in [1.54, 1.807) is 0 Å². The summed E-state index contributed by atoms with van der Waals surface area (Å²) in [6, 6.07) is 18.9. The standard InChI is InChI=1S/C19H23BrN2S/c1-14(13-19(2,3)15-8-5-4-6-9-15)21-18(23)22-17-11-7-10-16(20)12-17/h4-12,14H,13H2,1-3H3,(H2,21,22,23)/t14-/m1/s1. The number of hydrogen-bond donors (Lipinski definition) is 2. The molecule has 2 nitrogen and oxygen atoms in total. The SMILES string of the molecule is C[C@H](CC(C)(C)c1ccccc1)NC(=S)Nc1cccc(Br)c1. The number of nitrogens with one attached hydrogen (secondary N) is 2. The molecule has 0 saturated heterocycles. The number of anilines is 1. The van der Waals surface area contributed by atoms with Gasteiger partial charge in [-0.1, -0.05) is 66.2 Å². The molecule has 0 aliphatic rings. The molecule has 2 aromatic carbocycles. The van der Waals surface area contributed by atoms with Crippen molar-refractivity contribution in [2.24, 2.45) is 0 Å². The second kappa shape index (κ2) is 7.93. The van der Waals surface area contributed by atoms with Crippen LogP contribution in [0.1, 0.15) is 32.8 Å². The molecule has 122 valence electrons. The summed E-state index contributed by atoms with van der Waals surface area (Å²) in [5, 5.41) is 7.26. The summed E-state index contributed by atoms with van der Waals surface area (Å²) in [5.41, 5.74) is 2.42. The predicted octanol–water partition coefficient (Wildman–Crippen LogP) is 5.49. The first-order valence-corrected chi connectivity index (χ1v) is 8.95. The normalized spacial score (nSPS) is 12.5. The summed E-state index contributed by atoms with van der Waals surface area (Å²) >= 11 is 8.89. The van der Waals surface area contributed by atoms with Crippen molar-refractivity contribution in [1.29, 1.82) is 0 Å². The molecule has 0 aromatic heterocycles. The molecule has 2 rings (SSSR count). The molecule has 2 aromatic rings. The Balaban J connectivity index is 1.91. The van der Waals surface area contributed by atoms with E-state index in [0.29, 0.717) is 5.11 Å². The Morgan fingerprint density at radius 2 is 1.83 bits per heavy atom. The van der Waals surface area contributed by atoms with Gasteiger partial charge in [-0.05, 0) is 54.7 Å². The van der Waals surface area contributed by atoms with Gasteiger partial charge in [-0.15, -0.1) is 0 Å². The summed E-state index contributed by atoms with van der Waals surface area (Å²) in [7, 11) is 0. The van der Waals surface area contributed by atoms with Crippen molar-refractivity contribution < 1.29 is 0 Å². The Morgan fingerprint density at radius 3 is 2.48 bits per heavy atom. The highest BCUT2D eigenvalue weighted by atomic mass is 79.9. The Kier molecular flexibility index (Phi) is 6.19. The Bertz CT molecular complexity index is 655. The van der Waals surface area contributed by atoms with Crippen LogP contribution in [0.4, 0.5) is 5.69 Å². The third-order valence-corrected chi connectivity index (χ3v) is 4.54. The number of thiocarbonyl (C=S) groups is 1. The van der Waals surface area contributed by atoms with Gasteiger partial charge in [0, 0.05) is 16.2 Å². The second-order valence-electron chi connectivity index (χ2n) is 6.46. The minimum atomic E-state index is 0.0963. The monoisotopic (exact) mass is 390 g/mol. The van der Waals surface area contributed by atoms with Crippen LogP contribution in [0.3, 0.4) is 0 Å². The number of rotatable bonds is 5. The second-order valence-corrected chi connectivity index (χ2v) is 7.79. The summed E-state index contributed by atoms with van der Waals surface area (Å²) in [6.45, 7) is 6.70. The zero-order valence-corrected chi connectivity index (χ0v) is 16.2. The fraction of sp³-hybridized carbons (Fsp3) is 0.316. The molecule has 0 spiro atoms. The lowest BCUT2D eigenvalue weighted by atomic mass is 9.79. The molecular weight excluding hydrogens is 368 g/mol. The van der Waals surface area contributed by atoms with E-state index in [-0.39, 0.29) is 11.5 Å². The first kappa shape index (κ1) is 18.0. The van der Waals surface area contributed by atoms with E-state index in [0.717, 1.165) is 16.6 Å². The minimum absolute atomic E-state index is 0.0963. The first-order chi connectivity index (χ1) is 10.9. The molecule has 0 aliphatic carbocycles. The van der Waals surface area contributed by atoms with Crippen molar-refractivity contribution in [2.45, 2.75) is 38.6 Å². The van der Waals surface area contributed by atoms with Gasteiger partial charge in [-0.2, -0.15) is 0 Å². The molecule has 0 saturated carbocycles. The lowest BCUT2D eigenvalue weighted by molar-refractivity contribution is 0.420. The summed E-state index contributed by atoms with van der Waals surface area (Å²) in [5.74, 6) is 0. The lowest BCUT2D eigenvalue weighted by Crippen LogP contribution is -2.39. The molecule has 0 fully saturated rings. The maximum Gasteiger partial charge on any atom is 0.170 e. The molecule has 0 radical (unpaired) electrons. The zero-order chi connectivity index (χ0) is 16.9. The third kappa shape index (κ3) is 5.63.